The third-order valence-corrected chi connectivity index (χ3v) is 5.05. The molecule has 0 aromatic heterocycles. The maximum Gasteiger partial charge on any atom is 0.335 e. The fourth-order valence-electron chi connectivity index (χ4n) is 3.44. The van der Waals surface area contributed by atoms with Crippen molar-refractivity contribution in [3.05, 3.63) is 35.4 Å². The first-order valence-electron chi connectivity index (χ1n) is 13.2. The topological polar surface area (TPSA) is 105 Å². The molecule has 0 bridgehead atoms. The van der Waals surface area contributed by atoms with E-state index in [1.807, 2.05) is 27.7 Å². The van der Waals surface area contributed by atoms with Gasteiger partial charge in [0.1, 0.15) is 24.4 Å². The Labute approximate surface area is 227 Å². The summed E-state index contributed by atoms with van der Waals surface area (Å²) in [4.78, 5) is 50.8. The first-order chi connectivity index (χ1) is 17.4. The summed E-state index contributed by atoms with van der Waals surface area (Å²) in [5, 5.41) is 0. The Morgan fingerprint density at radius 3 is 1.29 bits per heavy atom. The van der Waals surface area contributed by atoms with E-state index in [4.69, 9.17) is 18.9 Å². The standard InChI is InChI=1S/C30H46O8/c1-19(2)14-25(27(33)37-29(5,6)7)35-17-23(31)21-12-11-13-22(16-21)24(32)18-36-26(15-20(3)4)28(34)38-30(8,9)10/h11-13,16,19-20,25-26H,14-15,17-18H2,1-10H3/t25-,26-/m1/s1. The lowest BCUT2D eigenvalue weighted by atomic mass is 10.0. The lowest BCUT2D eigenvalue weighted by Crippen LogP contribution is -2.35. The van der Waals surface area contributed by atoms with Crippen molar-refractivity contribution in [1.29, 1.82) is 0 Å². The molecule has 0 heterocycles. The van der Waals surface area contributed by atoms with Crippen molar-refractivity contribution in [2.45, 2.75) is 105 Å². The summed E-state index contributed by atoms with van der Waals surface area (Å²) in [7, 11) is 0. The van der Waals surface area contributed by atoms with E-state index in [9.17, 15) is 19.2 Å². The summed E-state index contributed by atoms with van der Waals surface area (Å²) in [5.74, 6) is -1.46. The SMILES string of the molecule is CC(C)C[C@@H](OCC(=O)c1cccc(C(=O)CO[C@H](CC(C)C)C(=O)OC(C)(C)C)c1)C(=O)OC(C)(C)C. The van der Waals surface area contributed by atoms with Crippen LogP contribution in [0.2, 0.25) is 0 Å². The van der Waals surface area contributed by atoms with Crippen LogP contribution in [0, 0.1) is 11.8 Å². The van der Waals surface area contributed by atoms with E-state index in [0.29, 0.717) is 12.8 Å². The van der Waals surface area contributed by atoms with Crippen molar-refractivity contribution < 1.29 is 38.1 Å². The minimum atomic E-state index is -0.873. The molecular weight excluding hydrogens is 488 g/mol. The number of ketones is 2. The van der Waals surface area contributed by atoms with Crippen LogP contribution in [0.3, 0.4) is 0 Å². The van der Waals surface area contributed by atoms with Gasteiger partial charge in [0.15, 0.2) is 23.8 Å². The number of carbonyl (C=O) groups is 4. The predicted octanol–water partition coefficient (Wildman–Crippen LogP) is 5.60. The molecule has 38 heavy (non-hydrogen) atoms. The van der Waals surface area contributed by atoms with Crippen LogP contribution in [0.25, 0.3) is 0 Å². The van der Waals surface area contributed by atoms with Gasteiger partial charge < -0.3 is 18.9 Å². The average molecular weight is 535 g/mol. The Morgan fingerprint density at radius 2 is 1.00 bits per heavy atom. The van der Waals surface area contributed by atoms with Crippen molar-refractivity contribution in [2.24, 2.45) is 11.8 Å². The molecule has 0 N–H and O–H groups in total. The number of rotatable bonds is 14. The van der Waals surface area contributed by atoms with Gasteiger partial charge in [0.25, 0.3) is 0 Å². The molecule has 1 rings (SSSR count). The van der Waals surface area contributed by atoms with Crippen LogP contribution in [-0.4, -0.2) is 60.1 Å². The van der Waals surface area contributed by atoms with E-state index < -0.39 is 35.3 Å². The van der Waals surface area contributed by atoms with Crippen LogP contribution in [0.5, 0.6) is 0 Å². The van der Waals surface area contributed by atoms with Crippen LogP contribution in [0.4, 0.5) is 0 Å². The van der Waals surface area contributed by atoms with Crippen LogP contribution >= 0.6 is 0 Å². The Morgan fingerprint density at radius 1 is 0.658 bits per heavy atom. The van der Waals surface area contributed by atoms with Gasteiger partial charge in [0.05, 0.1) is 0 Å². The smallest absolute Gasteiger partial charge is 0.335 e. The number of hydrogen-bond donors (Lipinski definition) is 0. The van der Waals surface area contributed by atoms with E-state index in [1.54, 1.807) is 59.7 Å². The average Bonchev–Trinajstić information content (AvgIpc) is 2.76. The molecule has 0 amide bonds. The highest BCUT2D eigenvalue weighted by Gasteiger charge is 2.29. The van der Waals surface area contributed by atoms with Gasteiger partial charge in [-0.1, -0.05) is 45.9 Å². The molecule has 0 aliphatic rings. The van der Waals surface area contributed by atoms with Gasteiger partial charge in [-0.05, 0) is 72.3 Å². The monoisotopic (exact) mass is 534 g/mol. The summed E-state index contributed by atoms with van der Waals surface area (Å²) in [6, 6.07) is 6.22. The highest BCUT2D eigenvalue weighted by atomic mass is 16.6. The van der Waals surface area contributed by atoms with Crippen LogP contribution < -0.4 is 0 Å². The van der Waals surface area contributed by atoms with Crippen LogP contribution in [0.1, 0.15) is 103 Å². The zero-order valence-corrected chi connectivity index (χ0v) is 24.7. The Hall–Kier alpha value is -2.58. The van der Waals surface area contributed by atoms with Crippen molar-refractivity contribution in [2.75, 3.05) is 13.2 Å². The number of benzene rings is 1. The molecule has 214 valence electrons. The summed E-state index contributed by atoms with van der Waals surface area (Å²) in [6.45, 7) is 17.8. The minimum absolute atomic E-state index is 0.156. The molecule has 0 radical (unpaired) electrons. The molecule has 8 nitrogen and oxygen atoms in total. The van der Waals surface area contributed by atoms with Crippen molar-refractivity contribution in [3.63, 3.8) is 0 Å². The maximum atomic E-state index is 12.8. The van der Waals surface area contributed by atoms with Crippen molar-refractivity contribution >= 4 is 23.5 Å². The van der Waals surface area contributed by atoms with Gasteiger partial charge in [-0.25, -0.2) is 9.59 Å². The van der Waals surface area contributed by atoms with E-state index in [0.717, 1.165) is 0 Å². The number of carbonyl (C=O) groups excluding carboxylic acids is 4. The summed E-state index contributed by atoms with van der Waals surface area (Å²) in [6.07, 6.45) is -0.926. The molecule has 0 saturated heterocycles. The normalized spacial score (nSPS) is 13.8. The largest absolute Gasteiger partial charge is 0.458 e. The number of Topliss-reactive ketones (excluding diaryl/α,β-unsaturated/α-hetero) is 2. The maximum absolute atomic E-state index is 12.8. The Kier molecular flexibility index (Phi) is 12.8. The van der Waals surface area contributed by atoms with Gasteiger partial charge >= 0.3 is 11.9 Å². The molecule has 0 unspecified atom stereocenters. The molecular formula is C30H46O8. The highest BCUT2D eigenvalue weighted by molar-refractivity contribution is 6.02. The fraction of sp³-hybridized carbons (Fsp3) is 0.667. The number of hydrogen-bond acceptors (Lipinski definition) is 8. The summed E-state index contributed by atoms with van der Waals surface area (Å²) >= 11 is 0. The third kappa shape index (κ3) is 13.3. The molecule has 2 atom stereocenters. The lowest BCUT2D eigenvalue weighted by Gasteiger charge is -2.25. The van der Waals surface area contributed by atoms with Gasteiger partial charge in [0, 0.05) is 11.1 Å². The molecule has 8 heteroatoms. The predicted molar refractivity (Wildman–Crippen MR) is 145 cm³/mol. The molecule has 1 aromatic rings. The van der Waals surface area contributed by atoms with Crippen LogP contribution in [0.15, 0.2) is 24.3 Å². The minimum Gasteiger partial charge on any atom is -0.458 e. The zero-order valence-electron chi connectivity index (χ0n) is 24.7. The zero-order chi connectivity index (χ0) is 29.3. The molecule has 0 saturated carbocycles. The molecule has 1 aromatic carbocycles. The van der Waals surface area contributed by atoms with Crippen molar-refractivity contribution in [3.8, 4) is 0 Å². The van der Waals surface area contributed by atoms with E-state index in [2.05, 4.69) is 0 Å². The Bertz CT molecular complexity index is 876. The van der Waals surface area contributed by atoms with E-state index >= 15 is 0 Å². The van der Waals surface area contributed by atoms with Crippen molar-refractivity contribution in [1.82, 2.24) is 0 Å². The van der Waals surface area contributed by atoms with Crippen LogP contribution in [-0.2, 0) is 28.5 Å². The van der Waals surface area contributed by atoms with Gasteiger partial charge in [-0.15, -0.1) is 0 Å². The van der Waals surface area contributed by atoms with Gasteiger partial charge in [0.2, 0.25) is 0 Å². The van der Waals surface area contributed by atoms with Gasteiger partial charge in [-0.3, -0.25) is 9.59 Å². The quantitative estimate of drug-likeness (QED) is 0.224. The molecule has 0 spiro atoms. The second-order valence-electron chi connectivity index (χ2n) is 12.4. The summed E-state index contributed by atoms with van der Waals surface area (Å²) < 4.78 is 22.2. The highest BCUT2D eigenvalue weighted by Crippen LogP contribution is 2.18. The fourth-order valence-corrected chi connectivity index (χ4v) is 3.44. The van der Waals surface area contributed by atoms with E-state index in [1.165, 1.54) is 6.07 Å². The Balaban J connectivity index is 2.87. The number of esters is 2. The molecule has 0 fully saturated rings. The van der Waals surface area contributed by atoms with E-state index in [-0.39, 0.29) is 47.7 Å². The van der Waals surface area contributed by atoms with Gasteiger partial charge in [-0.2, -0.15) is 0 Å². The number of ether oxygens (including phenoxy) is 4. The first-order valence-corrected chi connectivity index (χ1v) is 13.2. The summed E-state index contributed by atoms with van der Waals surface area (Å²) in [5.41, 5.74) is -0.800. The lowest BCUT2D eigenvalue weighted by molar-refractivity contribution is -0.169. The second-order valence-corrected chi connectivity index (χ2v) is 12.4. The third-order valence-electron chi connectivity index (χ3n) is 5.05. The first kappa shape index (κ1) is 33.4. The second kappa shape index (κ2) is 14.5. The molecule has 0 aliphatic heterocycles. The molecule has 0 aliphatic carbocycles.